The van der Waals surface area contributed by atoms with Crippen LogP contribution in [-0.2, 0) is 16.1 Å². The number of nitrogens with one attached hydrogen (secondary N) is 1. The van der Waals surface area contributed by atoms with E-state index in [-0.39, 0.29) is 18.9 Å². The Morgan fingerprint density at radius 3 is 2.88 bits per heavy atom. The Morgan fingerprint density at radius 2 is 2.24 bits per heavy atom. The molecule has 2 heterocycles. The highest BCUT2D eigenvalue weighted by molar-refractivity contribution is 6.00. The quantitative estimate of drug-likeness (QED) is 0.568. The number of imide groups is 1. The first-order valence-corrected chi connectivity index (χ1v) is 5.31. The monoisotopic (exact) mass is 237 g/mol. The van der Waals surface area contributed by atoms with Crippen molar-refractivity contribution in [3.8, 4) is 0 Å². The largest absolute Gasteiger partial charge is 0.326 e. The Hall–Kier alpha value is -1.82. The molecule has 90 valence electrons. The Labute approximate surface area is 97.2 Å². The van der Waals surface area contributed by atoms with Crippen molar-refractivity contribution in [1.82, 2.24) is 10.3 Å². The summed E-state index contributed by atoms with van der Waals surface area (Å²) in [7, 11) is 0. The molecule has 6 heteroatoms. The minimum Gasteiger partial charge on any atom is -0.326 e. The van der Waals surface area contributed by atoms with Gasteiger partial charge in [-0.2, -0.15) is 4.39 Å². The Kier molecular flexibility index (Phi) is 3.14. The van der Waals surface area contributed by atoms with Crippen molar-refractivity contribution >= 4 is 11.8 Å². The summed E-state index contributed by atoms with van der Waals surface area (Å²) in [6.45, 7) is 0.181. The number of aromatic nitrogens is 1. The van der Waals surface area contributed by atoms with Crippen LogP contribution in [0, 0.1) is 5.95 Å². The molecule has 0 radical (unpaired) electrons. The fourth-order valence-electron chi connectivity index (χ4n) is 1.91. The molecular weight excluding hydrogens is 225 g/mol. The van der Waals surface area contributed by atoms with E-state index in [1.165, 1.54) is 12.1 Å². The number of piperidine rings is 1. The van der Waals surface area contributed by atoms with Crippen LogP contribution in [0.15, 0.2) is 12.1 Å². The maximum atomic E-state index is 13.1. The Balaban J connectivity index is 2.35. The third kappa shape index (κ3) is 2.31. The van der Waals surface area contributed by atoms with Gasteiger partial charge in [0.2, 0.25) is 17.8 Å². The van der Waals surface area contributed by atoms with E-state index in [1.54, 1.807) is 0 Å². The van der Waals surface area contributed by atoms with Crippen LogP contribution < -0.4 is 11.1 Å². The van der Waals surface area contributed by atoms with Gasteiger partial charge in [0.25, 0.3) is 0 Å². The second-order valence-corrected chi connectivity index (χ2v) is 3.89. The van der Waals surface area contributed by atoms with Crippen LogP contribution in [0.5, 0.6) is 0 Å². The molecule has 1 unspecified atom stereocenters. The molecule has 5 nitrogen and oxygen atoms in total. The molecule has 1 aliphatic rings. The average Bonchev–Trinajstić information content (AvgIpc) is 2.29. The zero-order valence-corrected chi connectivity index (χ0v) is 9.07. The molecule has 1 saturated heterocycles. The van der Waals surface area contributed by atoms with Crippen LogP contribution >= 0.6 is 0 Å². The molecule has 17 heavy (non-hydrogen) atoms. The summed E-state index contributed by atoms with van der Waals surface area (Å²) < 4.78 is 13.1. The van der Waals surface area contributed by atoms with Crippen LogP contribution in [0.2, 0.25) is 0 Å². The normalized spacial score (nSPS) is 20.2. The molecule has 0 saturated carbocycles. The van der Waals surface area contributed by atoms with Crippen molar-refractivity contribution in [2.24, 2.45) is 5.73 Å². The zero-order valence-electron chi connectivity index (χ0n) is 9.07. The molecule has 0 aliphatic carbocycles. The maximum Gasteiger partial charge on any atom is 0.235 e. The molecule has 0 spiro atoms. The molecule has 1 atom stereocenters. The summed E-state index contributed by atoms with van der Waals surface area (Å²) >= 11 is 0. The molecule has 0 bridgehead atoms. The van der Waals surface area contributed by atoms with Gasteiger partial charge in [-0.3, -0.25) is 14.9 Å². The van der Waals surface area contributed by atoms with Gasteiger partial charge >= 0.3 is 0 Å². The fourth-order valence-corrected chi connectivity index (χ4v) is 1.91. The topological polar surface area (TPSA) is 85.1 Å². The highest BCUT2D eigenvalue weighted by Gasteiger charge is 2.30. The van der Waals surface area contributed by atoms with Gasteiger partial charge in [-0.15, -0.1) is 0 Å². The van der Waals surface area contributed by atoms with Gasteiger partial charge in [-0.05, 0) is 18.1 Å². The first-order chi connectivity index (χ1) is 8.11. The SMILES string of the molecule is NCc1ccc(F)nc1C1CCC(=O)NC1=O. The minimum absolute atomic E-state index is 0.181. The lowest BCUT2D eigenvalue weighted by Crippen LogP contribution is -2.40. The summed E-state index contributed by atoms with van der Waals surface area (Å²) in [4.78, 5) is 26.4. The number of carbonyl (C=O) groups excluding carboxylic acids is 2. The lowest BCUT2D eigenvalue weighted by Gasteiger charge is -2.22. The number of hydrogen-bond acceptors (Lipinski definition) is 4. The van der Waals surface area contributed by atoms with Gasteiger partial charge < -0.3 is 5.73 Å². The molecule has 1 aromatic rings. The third-order valence-electron chi connectivity index (χ3n) is 2.77. The number of hydrogen-bond donors (Lipinski definition) is 2. The molecule has 1 fully saturated rings. The number of pyridine rings is 1. The highest BCUT2D eigenvalue weighted by atomic mass is 19.1. The van der Waals surface area contributed by atoms with Crippen molar-refractivity contribution in [2.45, 2.75) is 25.3 Å². The first-order valence-electron chi connectivity index (χ1n) is 5.31. The first kappa shape index (κ1) is 11.7. The highest BCUT2D eigenvalue weighted by Crippen LogP contribution is 2.26. The fraction of sp³-hybridized carbons (Fsp3) is 0.364. The molecule has 1 aromatic heterocycles. The van der Waals surface area contributed by atoms with E-state index >= 15 is 0 Å². The van der Waals surface area contributed by atoms with Crippen molar-refractivity contribution in [3.05, 3.63) is 29.3 Å². The van der Waals surface area contributed by atoms with E-state index in [0.29, 0.717) is 17.7 Å². The summed E-state index contributed by atoms with van der Waals surface area (Å²) in [5, 5.41) is 2.22. The predicted molar refractivity (Wildman–Crippen MR) is 57.2 cm³/mol. The van der Waals surface area contributed by atoms with Crippen molar-refractivity contribution in [1.29, 1.82) is 0 Å². The van der Waals surface area contributed by atoms with Gasteiger partial charge in [0.05, 0.1) is 11.6 Å². The Morgan fingerprint density at radius 1 is 1.47 bits per heavy atom. The second kappa shape index (κ2) is 4.58. The zero-order chi connectivity index (χ0) is 12.4. The summed E-state index contributed by atoms with van der Waals surface area (Å²) in [6, 6.07) is 2.72. The lowest BCUT2D eigenvalue weighted by atomic mass is 9.91. The second-order valence-electron chi connectivity index (χ2n) is 3.89. The van der Waals surface area contributed by atoms with E-state index < -0.39 is 17.8 Å². The minimum atomic E-state index is -0.651. The van der Waals surface area contributed by atoms with E-state index in [1.807, 2.05) is 0 Å². The standard InChI is InChI=1S/C11H12FN3O2/c12-8-3-1-6(5-13)10(14-8)7-2-4-9(16)15-11(7)17/h1,3,7H,2,4-5,13H2,(H,15,16,17). The van der Waals surface area contributed by atoms with Crippen LogP contribution in [0.4, 0.5) is 4.39 Å². The van der Waals surface area contributed by atoms with Crippen LogP contribution in [0.3, 0.4) is 0 Å². The molecule has 3 N–H and O–H groups in total. The van der Waals surface area contributed by atoms with Crippen LogP contribution in [0.1, 0.15) is 30.0 Å². The predicted octanol–water partition coefficient (Wildman–Crippen LogP) is 0.200. The molecule has 0 aromatic carbocycles. The summed E-state index contributed by atoms with van der Waals surface area (Å²) in [5.41, 5.74) is 6.48. The van der Waals surface area contributed by atoms with Gasteiger partial charge in [0.1, 0.15) is 0 Å². The van der Waals surface area contributed by atoms with Crippen molar-refractivity contribution < 1.29 is 14.0 Å². The molecule has 2 amide bonds. The molecule has 1 aliphatic heterocycles. The van der Waals surface area contributed by atoms with Crippen molar-refractivity contribution in [3.63, 3.8) is 0 Å². The van der Waals surface area contributed by atoms with E-state index in [2.05, 4.69) is 10.3 Å². The van der Waals surface area contributed by atoms with Gasteiger partial charge in [0, 0.05) is 13.0 Å². The van der Waals surface area contributed by atoms with Crippen LogP contribution in [0.25, 0.3) is 0 Å². The number of carbonyl (C=O) groups is 2. The van der Waals surface area contributed by atoms with E-state index in [0.717, 1.165) is 0 Å². The summed E-state index contributed by atoms with van der Waals surface area (Å²) in [5.74, 6) is -1.99. The summed E-state index contributed by atoms with van der Waals surface area (Å²) in [6.07, 6.45) is 0.576. The van der Waals surface area contributed by atoms with Crippen molar-refractivity contribution in [2.75, 3.05) is 0 Å². The lowest BCUT2D eigenvalue weighted by molar-refractivity contribution is -0.134. The van der Waals surface area contributed by atoms with Gasteiger partial charge in [-0.25, -0.2) is 4.98 Å². The maximum absolute atomic E-state index is 13.1. The number of amides is 2. The van der Waals surface area contributed by atoms with E-state index in [4.69, 9.17) is 5.73 Å². The number of nitrogens with zero attached hydrogens (tertiary/aromatic N) is 1. The smallest absolute Gasteiger partial charge is 0.235 e. The average molecular weight is 237 g/mol. The number of nitrogens with two attached hydrogens (primary N) is 1. The third-order valence-corrected chi connectivity index (χ3v) is 2.77. The van der Waals surface area contributed by atoms with Gasteiger partial charge in [-0.1, -0.05) is 6.07 Å². The molecule has 2 rings (SSSR count). The van der Waals surface area contributed by atoms with Gasteiger partial charge in [0.15, 0.2) is 0 Å². The Bertz CT molecular complexity index is 476. The number of halogens is 1. The van der Waals surface area contributed by atoms with Crippen LogP contribution in [-0.4, -0.2) is 16.8 Å². The number of rotatable bonds is 2. The molecular formula is C11H12FN3O2. The van der Waals surface area contributed by atoms with E-state index in [9.17, 15) is 14.0 Å².